The Morgan fingerprint density at radius 3 is 1.19 bits per heavy atom. The second-order valence-electron chi connectivity index (χ2n) is 4.19. The van der Waals surface area contributed by atoms with Gasteiger partial charge in [-0.2, -0.15) is 0 Å². The van der Waals surface area contributed by atoms with Crippen molar-refractivity contribution in [2.75, 3.05) is 41.3 Å². The van der Waals surface area contributed by atoms with Crippen LogP contribution in [0.3, 0.4) is 0 Å². The van der Waals surface area contributed by atoms with E-state index < -0.39 is 0 Å². The molecule has 0 aromatic rings. The molecule has 0 heterocycles. The number of urea groups is 2. The van der Waals surface area contributed by atoms with E-state index in [2.05, 4.69) is 0 Å². The van der Waals surface area contributed by atoms with Crippen molar-refractivity contribution < 1.29 is 29.1 Å². The molecule has 0 rings (SSSR count). The van der Waals surface area contributed by atoms with E-state index in [9.17, 15) is 9.59 Å². The summed E-state index contributed by atoms with van der Waals surface area (Å²) in [7, 11) is 6.35. The quantitative estimate of drug-likeness (QED) is 0.381. The van der Waals surface area contributed by atoms with E-state index in [1.165, 1.54) is 19.6 Å². The van der Waals surface area contributed by atoms with Gasteiger partial charge < -0.3 is 69.3 Å². The number of carbonyl (C=O) groups excluding carboxylic acids is 2. The molecule has 0 saturated heterocycles. The van der Waals surface area contributed by atoms with Crippen molar-refractivity contribution in [2.24, 2.45) is 0 Å². The van der Waals surface area contributed by atoms with Gasteiger partial charge in [0.1, 0.15) is 0 Å². The van der Waals surface area contributed by atoms with Crippen LogP contribution in [-0.4, -0.2) is 81.6 Å². The Morgan fingerprint density at radius 2 is 1.05 bits per heavy atom. The van der Waals surface area contributed by atoms with E-state index in [-0.39, 0.29) is 53.3 Å². The third-order valence-corrected chi connectivity index (χ3v) is 3.10. The number of amides is 4. The molecule has 0 radical (unpaired) electrons. The summed E-state index contributed by atoms with van der Waals surface area (Å²) in [6.07, 6.45) is 0. The average molecular weight is 418 g/mol. The molecule has 0 saturated carbocycles. The van der Waals surface area contributed by atoms with E-state index in [4.69, 9.17) is 49.7 Å². The first-order chi connectivity index (χ1) is 9.09. The molecule has 0 fully saturated rings. The van der Waals surface area contributed by atoms with Crippen LogP contribution in [0.4, 0.5) is 9.59 Å². The summed E-state index contributed by atoms with van der Waals surface area (Å²) >= 11 is 19.5. The van der Waals surface area contributed by atoms with Crippen LogP contribution in [0.1, 0.15) is 0 Å². The van der Waals surface area contributed by atoms with Crippen molar-refractivity contribution in [1.29, 1.82) is 0 Å². The molecule has 0 aromatic carbocycles. The van der Waals surface area contributed by atoms with Gasteiger partial charge >= 0.3 is 31.5 Å². The van der Waals surface area contributed by atoms with E-state index in [1.807, 2.05) is 0 Å². The molecule has 0 atom stereocenters. The van der Waals surface area contributed by atoms with Gasteiger partial charge in [-0.1, -0.05) is 8.64 Å². The van der Waals surface area contributed by atoms with Gasteiger partial charge in [-0.25, -0.2) is 9.59 Å². The van der Waals surface area contributed by atoms with Crippen LogP contribution >= 0.6 is 24.4 Å². The van der Waals surface area contributed by atoms with E-state index >= 15 is 0 Å². The molecular formula is C10H16N4O2S4Zn. The van der Waals surface area contributed by atoms with Gasteiger partial charge in [0.15, 0.2) is 0 Å². The molecule has 11 heteroatoms. The first-order valence-corrected chi connectivity index (χ1v) is 7.12. The summed E-state index contributed by atoms with van der Waals surface area (Å²) in [6, 6.07) is -0.699. The van der Waals surface area contributed by atoms with Gasteiger partial charge in [0.2, 0.25) is 0 Å². The molecule has 21 heavy (non-hydrogen) atoms. The van der Waals surface area contributed by atoms with E-state index in [0.29, 0.717) is 0 Å². The molecule has 0 aliphatic rings. The molecule has 0 aromatic heterocycles. The smallest absolute Gasteiger partial charge is 0.411 e. The topological polar surface area (TPSA) is 47.1 Å². The Labute approximate surface area is 159 Å². The van der Waals surface area contributed by atoms with Crippen LogP contribution in [0.25, 0.3) is 0 Å². The summed E-state index contributed by atoms with van der Waals surface area (Å²) in [5.74, 6) is 0. The van der Waals surface area contributed by atoms with Gasteiger partial charge in [-0.05, 0) is 0 Å². The van der Waals surface area contributed by atoms with Gasteiger partial charge in [0.25, 0.3) is 0 Å². The zero-order chi connectivity index (χ0) is 16.0. The molecule has 4 amide bonds. The normalized spacial score (nSPS) is 9.14. The SMILES string of the molecule is CN(C)C(=O)N(CCN(C(=O)N(C)C)C(=S)[S-])C(=S)[S-].[Zn+2]. The van der Waals surface area contributed by atoms with Gasteiger partial charge in [0, 0.05) is 41.3 Å². The fourth-order valence-electron chi connectivity index (χ4n) is 1.21. The molecule has 0 spiro atoms. The molecule has 0 unspecified atom stereocenters. The fraction of sp³-hybridized carbons (Fsp3) is 0.600. The van der Waals surface area contributed by atoms with Crippen molar-refractivity contribution in [3.8, 4) is 0 Å². The second kappa shape index (κ2) is 10.5. The van der Waals surface area contributed by atoms with E-state index in [1.54, 1.807) is 28.2 Å². The fourth-order valence-corrected chi connectivity index (χ4v) is 1.89. The number of nitrogens with zero attached hydrogens (tertiary/aromatic N) is 4. The van der Waals surface area contributed by atoms with Gasteiger partial charge in [-0.3, -0.25) is 0 Å². The van der Waals surface area contributed by atoms with Crippen LogP contribution in [0.15, 0.2) is 0 Å². The largest absolute Gasteiger partial charge is 2.00 e. The van der Waals surface area contributed by atoms with Crippen LogP contribution in [0.5, 0.6) is 0 Å². The maximum absolute atomic E-state index is 11.9. The third-order valence-electron chi connectivity index (χ3n) is 2.21. The molecule has 114 valence electrons. The van der Waals surface area contributed by atoms with Crippen LogP contribution < -0.4 is 0 Å². The minimum absolute atomic E-state index is 0. The molecular weight excluding hydrogens is 402 g/mol. The van der Waals surface area contributed by atoms with Gasteiger partial charge in [-0.15, -0.1) is 0 Å². The van der Waals surface area contributed by atoms with Crippen molar-refractivity contribution in [3.63, 3.8) is 0 Å². The van der Waals surface area contributed by atoms with Crippen molar-refractivity contribution in [2.45, 2.75) is 0 Å². The predicted molar refractivity (Wildman–Crippen MR) is 91.5 cm³/mol. The molecule has 0 N–H and O–H groups in total. The number of thiocarbonyl (C=S) groups is 2. The first kappa shape index (κ1) is 23.1. The van der Waals surface area contributed by atoms with Crippen LogP contribution in [0.2, 0.25) is 0 Å². The van der Waals surface area contributed by atoms with Crippen molar-refractivity contribution >= 4 is 70.4 Å². The third kappa shape index (κ3) is 7.55. The minimum Gasteiger partial charge on any atom is -0.411 e. The number of rotatable bonds is 3. The molecule has 0 aliphatic carbocycles. The number of carbonyl (C=O) groups is 2. The zero-order valence-electron chi connectivity index (χ0n) is 12.4. The standard InChI is InChI=1S/C10H18N4O2S4.Zn/c1-11(2)7(15)13(9(17)18)5-6-14(10(19)20)8(16)12(3)4;/h5-6H2,1-4H3,(H,17,18)(H,19,20);/q;+2/p-2. The van der Waals surface area contributed by atoms with E-state index in [0.717, 1.165) is 0 Å². The average Bonchev–Trinajstić information content (AvgIpc) is 2.31. The predicted octanol–water partition coefficient (Wildman–Crippen LogP) is 0.615. The maximum Gasteiger partial charge on any atom is 2.00 e. The van der Waals surface area contributed by atoms with Gasteiger partial charge in [0.05, 0.1) is 0 Å². The maximum atomic E-state index is 11.9. The Morgan fingerprint density at radius 1 is 0.810 bits per heavy atom. The molecule has 0 bridgehead atoms. The number of hydrogen-bond acceptors (Lipinski definition) is 6. The first-order valence-electron chi connectivity index (χ1n) is 5.49. The minimum atomic E-state index is -0.350. The number of hydrogen-bond donors (Lipinski definition) is 0. The second-order valence-corrected chi connectivity index (χ2v) is 6.25. The van der Waals surface area contributed by atoms with Crippen LogP contribution in [0, 0.1) is 0 Å². The summed E-state index contributed by atoms with van der Waals surface area (Å²) in [5.41, 5.74) is 0. The summed E-state index contributed by atoms with van der Waals surface area (Å²) in [5, 5.41) is 0. The molecule has 6 nitrogen and oxygen atoms in total. The molecule has 0 aliphatic heterocycles. The zero-order valence-corrected chi connectivity index (χ0v) is 18.6. The Bertz CT molecular complexity index is 382. The monoisotopic (exact) mass is 416 g/mol. The Kier molecular flexibility index (Phi) is 11.5. The summed E-state index contributed by atoms with van der Waals surface area (Å²) in [6.45, 7) is 0.269. The summed E-state index contributed by atoms with van der Waals surface area (Å²) < 4.78 is 0.0208. The Hall–Kier alpha value is -0.217. The van der Waals surface area contributed by atoms with Crippen LogP contribution in [-0.2, 0) is 44.7 Å². The summed E-state index contributed by atoms with van der Waals surface area (Å²) in [4.78, 5) is 28.9. The van der Waals surface area contributed by atoms with Crippen molar-refractivity contribution in [3.05, 3.63) is 0 Å². The van der Waals surface area contributed by atoms with Crippen molar-refractivity contribution in [1.82, 2.24) is 19.6 Å². The Balaban J connectivity index is 0.